The summed E-state index contributed by atoms with van der Waals surface area (Å²) in [6.45, 7) is 1.57. The molecular formula is C18H17ClN2O5S. The minimum absolute atomic E-state index is 0.216. The lowest BCUT2D eigenvalue weighted by Crippen LogP contribution is -2.30. The van der Waals surface area contributed by atoms with Crippen molar-refractivity contribution in [2.75, 3.05) is 22.5 Å². The first-order chi connectivity index (χ1) is 12.7. The van der Waals surface area contributed by atoms with Gasteiger partial charge in [0.2, 0.25) is 15.9 Å². The number of hydrogen-bond donors (Lipinski definition) is 1. The maximum absolute atomic E-state index is 12.4. The Morgan fingerprint density at radius 2 is 1.89 bits per heavy atom. The van der Waals surface area contributed by atoms with Gasteiger partial charge in [0.1, 0.15) is 5.75 Å². The summed E-state index contributed by atoms with van der Waals surface area (Å²) in [5.74, 6) is -1.18. The van der Waals surface area contributed by atoms with Crippen LogP contribution in [0.5, 0.6) is 5.75 Å². The van der Waals surface area contributed by atoms with Gasteiger partial charge in [0.25, 0.3) is 5.91 Å². The van der Waals surface area contributed by atoms with E-state index in [4.69, 9.17) is 16.3 Å². The van der Waals surface area contributed by atoms with Crippen LogP contribution in [-0.4, -0.2) is 33.1 Å². The van der Waals surface area contributed by atoms with Crippen LogP contribution >= 0.6 is 11.6 Å². The van der Waals surface area contributed by atoms with Crippen LogP contribution in [0, 0.1) is 5.92 Å². The predicted octanol–water partition coefficient (Wildman–Crippen LogP) is 2.91. The van der Waals surface area contributed by atoms with Crippen molar-refractivity contribution in [2.24, 2.45) is 5.92 Å². The topological polar surface area (TPSA) is 92.8 Å². The van der Waals surface area contributed by atoms with Crippen molar-refractivity contribution >= 4 is 44.8 Å². The van der Waals surface area contributed by atoms with Crippen molar-refractivity contribution in [1.29, 1.82) is 0 Å². The molecule has 1 aliphatic heterocycles. The van der Waals surface area contributed by atoms with Crippen molar-refractivity contribution in [3.8, 4) is 5.75 Å². The van der Waals surface area contributed by atoms with E-state index in [0.29, 0.717) is 22.0 Å². The number of nitrogens with zero attached hydrogens (tertiary/aromatic N) is 1. The lowest BCUT2D eigenvalue weighted by atomic mass is 10.1. The van der Waals surface area contributed by atoms with Crippen LogP contribution in [0.15, 0.2) is 42.5 Å². The predicted molar refractivity (Wildman–Crippen MR) is 103 cm³/mol. The second-order valence-electron chi connectivity index (χ2n) is 6.13. The van der Waals surface area contributed by atoms with Crippen LogP contribution in [0.3, 0.4) is 0 Å². The number of nitrogens with one attached hydrogen (secondary N) is 1. The fourth-order valence-electron chi connectivity index (χ4n) is 2.78. The van der Waals surface area contributed by atoms with Gasteiger partial charge in [-0.15, -0.1) is 0 Å². The first-order valence-corrected chi connectivity index (χ1v) is 10.0. The molecule has 0 radical (unpaired) electrons. The molecule has 142 valence electrons. The molecular weight excluding hydrogens is 392 g/mol. The molecule has 0 spiro atoms. The Hall–Kier alpha value is -2.58. The molecule has 2 aromatic rings. The summed E-state index contributed by atoms with van der Waals surface area (Å²) >= 11 is 6.03. The van der Waals surface area contributed by atoms with Gasteiger partial charge in [-0.05, 0) is 42.5 Å². The maximum atomic E-state index is 12.4. The minimum Gasteiger partial charge on any atom is -0.495 e. The first kappa shape index (κ1) is 19.2. The first-order valence-electron chi connectivity index (χ1n) is 8.05. The number of hydrogen-bond acceptors (Lipinski definition) is 5. The molecule has 0 aliphatic carbocycles. The van der Waals surface area contributed by atoms with Crippen LogP contribution < -0.4 is 14.4 Å². The molecule has 1 atom stereocenters. The van der Waals surface area contributed by atoms with Crippen molar-refractivity contribution in [2.45, 2.75) is 6.92 Å². The third-order valence-corrected chi connectivity index (χ3v) is 6.30. The number of anilines is 2. The van der Waals surface area contributed by atoms with Crippen LogP contribution in [-0.2, 0) is 14.8 Å². The molecule has 1 N–H and O–H groups in total. The molecule has 0 unspecified atom stereocenters. The highest BCUT2D eigenvalue weighted by molar-refractivity contribution is 7.94. The Morgan fingerprint density at radius 3 is 2.41 bits per heavy atom. The van der Waals surface area contributed by atoms with Crippen molar-refractivity contribution in [1.82, 2.24) is 0 Å². The monoisotopic (exact) mass is 408 g/mol. The Balaban J connectivity index is 1.78. The molecule has 0 saturated carbocycles. The molecule has 1 heterocycles. The van der Waals surface area contributed by atoms with Gasteiger partial charge in [-0.25, -0.2) is 12.7 Å². The second kappa shape index (κ2) is 7.21. The van der Waals surface area contributed by atoms with Crippen LogP contribution in [0.25, 0.3) is 0 Å². The van der Waals surface area contributed by atoms with Crippen LogP contribution in [0.2, 0.25) is 5.02 Å². The van der Waals surface area contributed by atoms with E-state index in [1.54, 1.807) is 25.1 Å². The highest BCUT2D eigenvalue weighted by atomic mass is 35.5. The zero-order chi connectivity index (χ0) is 19.8. The van der Waals surface area contributed by atoms with Crippen LogP contribution in [0.1, 0.15) is 17.3 Å². The quantitative estimate of drug-likeness (QED) is 0.839. The highest BCUT2D eigenvalue weighted by Gasteiger charge is 2.41. The van der Waals surface area contributed by atoms with E-state index in [9.17, 15) is 18.0 Å². The summed E-state index contributed by atoms with van der Waals surface area (Å²) in [7, 11) is -2.18. The summed E-state index contributed by atoms with van der Waals surface area (Å²) in [6, 6.07) is 10.6. The molecule has 1 fully saturated rings. The zero-order valence-corrected chi connectivity index (χ0v) is 16.2. The number of benzene rings is 2. The molecule has 2 amide bonds. The summed E-state index contributed by atoms with van der Waals surface area (Å²) in [5, 5.41) is 3.05. The number of rotatable bonds is 4. The summed E-state index contributed by atoms with van der Waals surface area (Å²) < 4.78 is 30.1. The third-order valence-electron chi connectivity index (χ3n) is 4.13. The average Bonchev–Trinajstić information content (AvgIpc) is 2.82. The number of carbonyl (C=O) groups is 2. The fraction of sp³-hybridized carbons (Fsp3) is 0.222. The lowest BCUT2D eigenvalue weighted by molar-refractivity contribution is -0.119. The SMILES string of the molecule is COc1ccc(NC(=O)c2ccc(N3C(=O)[C@@H](C)CS3(=O)=O)cc2)cc1Cl. The number of sulfonamides is 1. The number of ether oxygens (including phenoxy) is 1. The Labute approximate surface area is 161 Å². The maximum Gasteiger partial charge on any atom is 0.255 e. The smallest absolute Gasteiger partial charge is 0.255 e. The minimum atomic E-state index is -3.67. The molecule has 0 aromatic heterocycles. The van der Waals surface area contributed by atoms with E-state index >= 15 is 0 Å². The highest BCUT2D eigenvalue weighted by Crippen LogP contribution is 2.29. The van der Waals surface area contributed by atoms with E-state index in [0.717, 1.165) is 4.31 Å². The number of halogens is 1. The third kappa shape index (κ3) is 3.77. The molecule has 7 nitrogen and oxygen atoms in total. The largest absolute Gasteiger partial charge is 0.495 e. The molecule has 1 saturated heterocycles. The van der Waals surface area contributed by atoms with E-state index in [1.165, 1.54) is 31.4 Å². The van der Waals surface area contributed by atoms with Gasteiger partial charge in [-0.1, -0.05) is 18.5 Å². The Morgan fingerprint density at radius 1 is 1.22 bits per heavy atom. The van der Waals surface area contributed by atoms with Crippen LogP contribution in [0.4, 0.5) is 11.4 Å². The fourth-order valence-corrected chi connectivity index (χ4v) is 4.86. The van der Waals surface area contributed by atoms with Crippen molar-refractivity contribution in [3.05, 3.63) is 53.1 Å². The van der Waals surface area contributed by atoms with Gasteiger partial charge in [-0.3, -0.25) is 9.59 Å². The number of carbonyl (C=O) groups excluding carboxylic acids is 2. The average molecular weight is 409 g/mol. The van der Waals surface area contributed by atoms with E-state index in [2.05, 4.69) is 5.32 Å². The van der Waals surface area contributed by atoms with E-state index < -0.39 is 27.8 Å². The molecule has 1 aliphatic rings. The standard InChI is InChI=1S/C18H17ClN2O5S/c1-11-10-27(24,25)21(18(11)23)14-6-3-12(4-7-14)17(22)20-13-5-8-16(26-2)15(19)9-13/h3-9,11H,10H2,1-2H3,(H,20,22)/t11-/m0/s1. The summed E-state index contributed by atoms with van der Waals surface area (Å²) in [6.07, 6.45) is 0. The Bertz CT molecular complexity index is 1000. The zero-order valence-electron chi connectivity index (χ0n) is 14.6. The number of methoxy groups -OCH3 is 1. The molecule has 27 heavy (non-hydrogen) atoms. The molecule has 2 aromatic carbocycles. The van der Waals surface area contributed by atoms with E-state index in [1.807, 2.05) is 0 Å². The van der Waals surface area contributed by atoms with Gasteiger partial charge in [0.05, 0.1) is 29.5 Å². The summed E-state index contributed by atoms with van der Waals surface area (Å²) in [4.78, 5) is 24.5. The summed E-state index contributed by atoms with van der Waals surface area (Å²) in [5.41, 5.74) is 1.01. The number of amides is 2. The lowest BCUT2D eigenvalue weighted by Gasteiger charge is -2.15. The van der Waals surface area contributed by atoms with Gasteiger partial charge in [-0.2, -0.15) is 0 Å². The van der Waals surface area contributed by atoms with Gasteiger partial charge >= 0.3 is 0 Å². The van der Waals surface area contributed by atoms with E-state index in [-0.39, 0.29) is 11.4 Å². The second-order valence-corrected chi connectivity index (χ2v) is 8.40. The normalized spacial score (nSPS) is 18.4. The van der Waals surface area contributed by atoms with Gasteiger partial charge in [0, 0.05) is 11.3 Å². The molecule has 9 heteroatoms. The Kier molecular flexibility index (Phi) is 5.12. The van der Waals surface area contributed by atoms with Crippen molar-refractivity contribution < 1.29 is 22.7 Å². The molecule has 3 rings (SSSR count). The molecule has 0 bridgehead atoms. The van der Waals surface area contributed by atoms with Crippen molar-refractivity contribution in [3.63, 3.8) is 0 Å². The van der Waals surface area contributed by atoms with Gasteiger partial charge in [0.15, 0.2) is 0 Å². The van der Waals surface area contributed by atoms with Gasteiger partial charge < -0.3 is 10.1 Å².